The molecule has 3 N–H and O–H groups in total. The molecule has 1 aromatic rings. The second-order valence-electron chi connectivity index (χ2n) is 5.32. The SMILES string of the molecule is CC(C)OCCS(=O)(=O)NCC(=O)Nc1cccc(OCC(=O)O)c1. The summed E-state index contributed by atoms with van der Waals surface area (Å²) >= 11 is 0. The quantitative estimate of drug-likeness (QED) is 0.512. The zero-order chi connectivity index (χ0) is 18.9. The van der Waals surface area contributed by atoms with Gasteiger partial charge < -0.3 is 19.9 Å². The van der Waals surface area contributed by atoms with Crippen molar-refractivity contribution in [2.24, 2.45) is 0 Å². The molecule has 0 aliphatic carbocycles. The number of carbonyl (C=O) groups is 2. The van der Waals surface area contributed by atoms with Crippen LogP contribution < -0.4 is 14.8 Å². The van der Waals surface area contributed by atoms with E-state index in [2.05, 4.69) is 10.0 Å². The predicted molar refractivity (Wildman–Crippen MR) is 91.1 cm³/mol. The number of sulfonamides is 1. The fourth-order valence-corrected chi connectivity index (χ4v) is 2.47. The smallest absolute Gasteiger partial charge is 0.341 e. The average molecular weight is 374 g/mol. The molecule has 10 heteroatoms. The maximum absolute atomic E-state index is 11.8. The van der Waals surface area contributed by atoms with Crippen LogP contribution in [0.1, 0.15) is 13.8 Å². The van der Waals surface area contributed by atoms with Gasteiger partial charge in [0.2, 0.25) is 15.9 Å². The topological polar surface area (TPSA) is 131 Å². The van der Waals surface area contributed by atoms with Crippen molar-refractivity contribution in [1.29, 1.82) is 0 Å². The van der Waals surface area contributed by atoms with E-state index in [1.807, 2.05) is 0 Å². The van der Waals surface area contributed by atoms with E-state index in [1.165, 1.54) is 12.1 Å². The minimum absolute atomic E-state index is 0.0393. The molecule has 0 heterocycles. The van der Waals surface area contributed by atoms with Crippen LogP contribution in [0, 0.1) is 0 Å². The number of amides is 1. The van der Waals surface area contributed by atoms with E-state index in [0.29, 0.717) is 5.69 Å². The third-order valence-corrected chi connectivity index (χ3v) is 4.02. The fraction of sp³-hybridized carbons (Fsp3) is 0.467. The maximum Gasteiger partial charge on any atom is 0.341 e. The third-order valence-electron chi connectivity index (χ3n) is 2.74. The summed E-state index contributed by atoms with van der Waals surface area (Å²) in [4.78, 5) is 22.3. The van der Waals surface area contributed by atoms with Crippen LogP contribution in [-0.4, -0.2) is 57.0 Å². The Morgan fingerprint density at radius 1 is 1.28 bits per heavy atom. The Bertz CT molecular complexity index is 689. The second-order valence-corrected chi connectivity index (χ2v) is 7.24. The molecule has 0 fully saturated rings. The Morgan fingerprint density at radius 3 is 2.64 bits per heavy atom. The maximum atomic E-state index is 11.8. The highest BCUT2D eigenvalue weighted by molar-refractivity contribution is 7.89. The van der Waals surface area contributed by atoms with Gasteiger partial charge in [0.25, 0.3) is 0 Å². The first kappa shape index (κ1) is 20.9. The highest BCUT2D eigenvalue weighted by Gasteiger charge is 2.13. The number of carboxylic acid groups (broad SMARTS) is 1. The molecule has 0 saturated heterocycles. The molecule has 1 amide bonds. The normalized spacial score (nSPS) is 11.3. The number of carboxylic acids is 1. The van der Waals surface area contributed by atoms with Crippen LogP contribution in [0.2, 0.25) is 0 Å². The molecule has 1 rings (SSSR count). The van der Waals surface area contributed by atoms with E-state index in [4.69, 9.17) is 14.6 Å². The molecule has 0 spiro atoms. The van der Waals surface area contributed by atoms with Crippen LogP contribution >= 0.6 is 0 Å². The van der Waals surface area contributed by atoms with E-state index >= 15 is 0 Å². The summed E-state index contributed by atoms with van der Waals surface area (Å²) in [5.41, 5.74) is 0.357. The number of hydrogen-bond acceptors (Lipinski definition) is 6. The molecular formula is C15H22N2O7S. The highest BCUT2D eigenvalue weighted by Crippen LogP contribution is 2.17. The molecule has 9 nitrogen and oxygen atoms in total. The first-order chi connectivity index (χ1) is 11.7. The Balaban J connectivity index is 2.46. The van der Waals surface area contributed by atoms with Crippen molar-refractivity contribution in [2.75, 3.05) is 30.8 Å². The van der Waals surface area contributed by atoms with Crippen molar-refractivity contribution in [3.63, 3.8) is 0 Å². The van der Waals surface area contributed by atoms with Crippen LogP contribution in [0.5, 0.6) is 5.75 Å². The van der Waals surface area contributed by atoms with Crippen LogP contribution in [0.4, 0.5) is 5.69 Å². The Kier molecular flexibility index (Phi) is 8.32. The molecule has 0 atom stereocenters. The Hall–Kier alpha value is -2.17. The molecular weight excluding hydrogens is 352 g/mol. The molecule has 1 aromatic carbocycles. The Morgan fingerprint density at radius 2 is 2.00 bits per heavy atom. The van der Waals surface area contributed by atoms with Gasteiger partial charge in [-0.25, -0.2) is 17.9 Å². The number of carbonyl (C=O) groups excluding carboxylic acids is 1. The van der Waals surface area contributed by atoms with Crippen molar-refractivity contribution in [3.05, 3.63) is 24.3 Å². The summed E-state index contributed by atoms with van der Waals surface area (Å²) in [6, 6.07) is 6.11. The van der Waals surface area contributed by atoms with E-state index in [1.54, 1.807) is 26.0 Å². The molecule has 0 unspecified atom stereocenters. The minimum atomic E-state index is -3.62. The van der Waals surface area contributed by atoms with Crippen molar-refractivity contribution < 1.29 is 32.6 Å². The Labute approximate surface area is 146 Å². The summed E-state index contributed by atoms with van der Waals surface area (Å²) in [5, 5.41) is 11.1. The van der Waals surface area contributed by atoms with Gasteiger partial charge in [-0.3, -0.25) is 4.79 Å². The monoisotopic (exact) mass is 374 g/mol. The summed E-state index contributed by atoms with van der Waals surface area (Å²) in [5.74, 6) is -1.66. The molecule has 25 heavy (non-hydrogen) atoms. The zero-order valence-corrected chi connectivity index (χ0v) is 14.8. The van der Waals surface area contributed by atoms with Gasteiger partial charge in [0, 0.05) is 11.8 Å². The van der Waals surface area contributed by atoms with Crippen molar-refractivity contribution in [1.82, 2.24) is 4.72 Å². The van der Waals surface area contributed by atoms with E-state index in [-0.39, 0.29) is 24.2 Å². The second kappa shape index (κ2) is 9.97. The summed E-state index contributed by atoms with van der Waals surface area (Å²) in [6.07, 6.45) is -0.0749. The minimum Gasteiger partial charge on any atom is -0.482 e. The lowest BCUT2D eigenvalue weighted by atomic mass is 10.3. The van der Waals surface area contributed by atoms with Gasteiger partial charge in [-0.05, 0) is 26.0 Å². The van der Waals surface area contributed by atoms with Crippen LogP contribution in [0.25, 0.3) is 0 Å². The van der Waals surface area contributed by atoms with Gasteiger partial charge in [-0.15, -0.1) is 0 Å². The lowest BCUT2D eigenvalue weighted by molar-refractivity contribution is -0.139. The van der Waals surface area contributed by atoms with Crippen LogP contribution in [0.3, 0.4) is 0 Å². The number of aliphatic carboxylic acids is 1. The lowest BCUT2D eigenvalue weighted by Gasteiger charge is -2.10. The number of rotatable bonds is 11. The lowest BCUT2D eigenvalue weighted by Crippen LogP contribution is -2.35. The third kappa shape index (κ3) is 9.65. The van der Waals surface area contributed by atoms with Gasteiger partial charge >= 0.3 is 5.97 Å². The van der Waals surface area contributed by atoms with Gasteiger partial charge in [-0.1, -0.05) is 6.07 Å². The molecule has 0 saturated carbocycles. The number of anilines is 1. The van der Waals surface area contributed by atoms with E-state index < -0.39 is 35.1 Å². The largest absolute Gasteiger partial charge is 0.482 e. The fourth-order valence-electron chi connectivity index (χ4n) is 1.66. The van der Waals surface area contributed by atoms with Gasteiger partial charge in [0.1, 0.15) is 5.75 Å². The number of ether oxygens (including phenoxy) is 2. The van der Waals surface area contributed by atoms with Crippen molar-refractivity contribution >= 4 is 27.6 Å². The predicted octanol–water partition coefficient (Wildman–Crippen LogP) is 0.433. The van der Waals surface area contributed by atoms with Gasteiger partial charge in [-0.2, -0.15) is 0 Å². The molecule has 0 bridgehead atoms. The first-order valence-electron chi connectivity index (χ1n) is 7.51. The van der Waals surface area contributed by atoms with Crippen molar-refractivity contribution in [2.45, 2.75) is 20.0 Å². The standard InChI is InChI=1S/C15H22N2O7S/c1-11(2)23-6-7-25(21,22)16-9-14(18)17-12-4-3-5-13(8-12)24-10-15(19)20/h3-5,8,11,16H,6-7,9-10H2,1-2H3,(H,17,18)(H,19,20). The average Bonchev–Trinajstić information content (AvgIpc) is 2.51. The highest BCUT2D eigenvalue weighted by atomic mass is 32.2. The van der Waals surface area contributed by atoms with Crippen molar-refractivity contribution in [3.8, 4) is 5.75 Å². The zero-order valence-electron chi connectivity index (χ0n) is 14.0. The molecule has 0 aliphatic heterocycles. The van der Waals surface area contributed by atoms with Crippen LogP contribution in [-0.2, 0) is 24.3 Å². The number of benzene rings is 1. The van der Waals surface area contributed by atoms with E-state index in [9.17, 15) is 18.0 Å². The molecule has 0 aromatic heterocycles. The van der Waals surface area contributed by atoms with Crippen LogP contribution in [0.15, 0.2) is 24.3 Å². The van der Waals surface area contributed by atoms with Gasteiger partial charge in [0.05, 0.1) is 25.0 Å². The van der Waals surface area contributed by atoms with E-state index in [0.717, 1.165) is 0 Å². The van der Waals surface area contributed by atoms with Gasteiger partial charge in [0.15, 0.2) is 6.61 Å². The number of nitrogens with one attached hydrogen (secondary N) is 2. The summed E-state index contributed by atoms with van der Waals surface area (Å²) in [7, 11) is -3.62. The summed E-state index contributed by atoms with van der Waals surface area (Å²) in [6.45, 7) is 2.70. The molecule has 140 valence electrons. The molecule has 0 aliphatic rings. The first-order valence-corrected chi connectivity index (χ1v) is 9.16. The number of hydrogen-bond donors (Lipinski definition) is 3. The molecule has 0 radical (unpaired) electrons. The summed E-state index contributed by atoms with van der Waals surface area (Å²) < 4.78 is 35.8.